The first-order chi connectivity index (χ1) is 3.41. The van der Waals surface area contributed by atoms with Crippen molar-refractivity contribution in [3.63, 3.8) is 0 Å². The molecule has 0 atom stereocenters. The summed E-state index contributed by atoms with van der Waals surface area (Å²) >= 11 is 0. The fourth-order valence-corrected chi connectivity index (χ4v) is 0.311. The van der Waals surface area contributed by atoms with Crippen LogP contribution in [0.5, 0.6) is 0 Å². The van der Waals surface area contributed by atoms with Crippen molar-refractivity contribution in [2.24, 2.45) is 0 Å². The van der Waals surface area contributed by atoms with Crippen LogP contribution in [-0.2, 0) is 4.74 Å². The molecule has 0 heterocycles. The SMILES string of the molecule is CCOCCCO.[H-].[H-].[Mg+2]. The Morgan fingerprint density at radius 2 is 2.25 bits per heavy atom. The second kappa shape index (κ2) is 10.6. The standard InChI is InChI=1S/C5H12O2.Mg.2H/c1-2-7-5-3-4-6;;;/h6H,2-5H2,1H3;;;/q;+2;2*-1. The summed E-state index contributed by atoms with van der Waals surface area (Å²) in [6.07, 6.45) is 0.758. The van der Waals surface area contributed by atoms with Gasteiger partial charge in [0, 0.05) is 19.8 Å². The molecule has 0 saturated heterocycles. The van der Waals surface area contributed by atoms with E-state index < -0.39 is 0 Å². The summed E-state index contributed by atoms with van der Waals surface area (Å²) in [6, 6.07) is 0. The number of aliphatic hydroxyl groups is 1. The maximum Gasteiger partial charge on any atom is 2.00 e. The Morgan fingerprint density at radius 3 is 2.62 bits per heavy atom. The first-order valence-corrected chi connectivity index (χ1v) is 2.60. The van der Waals surface area contributed by atoms with Crippen LogP contribution < -0.4 is 0 Å². The molecular formula is C5H14MgO2. The van der Waals surface area contributed by atoms with Crippen molar-refractivity contribution < 1.29 is 12.7 Å². The number of aliphatic hydroxyl groups excluding tert-OH is 1. The monoisotopic (exact) mass is 130 g/mol. The van der Waals surface area contributed by atoms with Crippen molar-refractivity contribution >= 4 is 23.1 Å². The predicted octanol–water partition coefficient (Wildman–Crippen LogP) is 0.250. The summed E-state index contributed by atoms with van der Waals surface area (Å²) < 4.78 is 4.91. The van der Waals surface area contributed by atoms with Crippen LogP contribution in [0.1, 0.15) is 16.2 Å². The van der Waals surface area contributed by atoms with Crippen molar-refractivity contribution in [2.75, 3.05) is 19.8 Å². The van der Waals surface area contributed by atoms with Crippen LogP contribution in [0.3, 0.4) is 0 Å². The van der Waals surface area contributed by atoms with Gasteiger partial charge in [-0.1, -0.05) is 0 Å². The van der Waals surface area contributed by atoms with Gasteiger partial charge in [0.2, 0.25) is 0 Å². The number of hydrogen-bond donors (Lipinski definition) is 1. The molecule has 0 aromatic rings. The Bertz CT molecular complexity index is 36.8. The van der Waals surface area contributed by atoms with Crippen molar-refractivity contribution in [3.05, 3.63) is 0 Å². The predicted molar refractivity (Wildman–Crippen MR) is 36.2 cm³/mol. The summed E-state index contributed by atoms with van der Waals surface area (Å²) in [5.74, 6) is 0. The molecule has 0 bridgehead atoms. The zero-order valence-corrected chi connectivity index (χ0v) is 6.81. The average Bonchev–Trinajstić information content (AvgIpc) is 1.69. The number of rotatable bonds is 4. The zero-order chi connectivity index (χ0) is 5.54. The Balaban J connectivity index is -0.0000000600. The van der Waals surface area contributed by atoms with Gasteiger partial charge in [0.05, 0.1) is 0 Å². The van der Waals surface area contributed by atoms with E-state index in [9.17, 15) is 0 Å². The maximum absolute atomic E-state index is 8.21. The van der Waals surface area contributed by atoms with Crippen molar-refractivity contribution in [1.82, 2.24) is 0 Å². The van der Waals surface area contributed by atoms with Gasteiger partial charge in [0.1, 0.15) is 0 Å². The molecule has 0 rings (SSSR count). The first kappa shape index (κ1) is 11.5. The van der Waals surface area contributed by atoms with E-state index in [1.54, 1.807) is 0 Å². The molecule has 0 fully saturated rings. The molecule has 0 aliphatic carbocycles. The normalized spacial score (nSPS) is 8.25. The third-order valence-electron chi connectivity index (χ3n) is 0.651. The molecule has 8 heavy (non-hydrogen) atoms. The fourth-order valence-electron chi connectivity index (χ4n) is 0.311. The first-order valence-electron chi connectivity index (χ1n) is 2.60. The summed E-state index contributed by atoms with van der Waals surface area (Å²) in [7, 11) is 0. The molecule has 0 aromatic heterocycles. The Morgan fingerprint density at radius 1 is 1.62 bits per heavy atom. The molecule has 0 radical (unpaired) electrons. The summed E-state index contributed by atoms with van der Waals surface area (Å²) in [6.45, 7) is 3.62. The molecule has 3 heteroatoms. The van der Waals surface area contributed by atoms with Crippen LogP contribution in [0.2, 0.25) is 0 Å². The molecular weight excluding hydrogens is 116 g/mol. The van der Waals surface area contributed by atoms with E-state index in [4.69, 9.17) is 9.84 Å². The average molecular weight is 130 g/mol. The van der Waals surface area contributed by atoms with E-state index in [1.165, 1.54) is 0 Å². The zero-order valence-electron chi connectivity index (χ0n) is 7.39. The van der Waals surface area contributed by atoms with E-state index in [-0.39, 0.29) is 32.5 Å². The van der Waals surface area contributed by atoms with Gasteiger partial charge in [-0.3, -0.25) is 0 Å². The van der Waals surface area contributed by atoms with Gasteiger partial charge in [0.25, 0.3) is 0 Å². The maximum atomic E-state index is 8.21. The molecule has 2 nitrogen and oxygen atoms in total. The molecule has 0 aromatic carbocycles. The van der Waals surface area contributed by atoms with Crippen LogP contribution in [0.25, 0.3) is 0 Å². The van der Waals surface area contributed by atoms with Crippen molar-refractivity contribution in [1.29, 1.82) is 0 Å². The third kappa shape index (κ3) is 9.84. The summed E-state index contributed by atoms with van der Waals surface area (Å²) in [5.41, 5.74) is 0. The smallest absolute Gasteiger partial charge is 1.00 e. The molecule has 48 valence electrons. The minimum Gasteiger partial charge on any atom is -1.00 e. The van der Waals surface area contributed by atoms with E-state index in [1.807, 2.05) is 6.92 Å². The van der Waals surface area contributed by atoms with Crippen LogP contribution in [-0.4, -0.2) is 48.0 Å². The quantitative estimate of drug-likeness (QED) is 0.437. The summed E-state index contributed by atoms with van der Waals surface area (Å²) in [5, 5.41) is 8.21. The second-order valence-corrected chi connectivity index (χ2v) is 1.27. The van der Waals surface area contributed by atoms with Crippen LogP contribution in [0.15, 0.2) is 0 Å². The molecule has 0 aliphatic heterocycles. The minimum absolute atomic E-state index is 0. The Hall–Kier alpha value is 0.686. The van der Waals surface area contributed by atoms with E-state index >= 15 is 0 Å². The summed E-state index contributed by atoms with van der Waals surface area (Å²) in [4.78, 5) is 0. The molecule has 0 aliphatic rings. The van der Waals surface area contributed by atoms with Crippen LogP contribution in [0.4, 0.5) is 0 Å². The Kier molecular flexibility index (Phi) is 15.2. The third-order valence-corrected chi connectivity index (χ3v) is 0.651. The molecule has 0 amide bonds. The van der Waals surface area contributed by atoms with Crippen LogP contribution >= 0.6 is 0 Å². The molecule has 0 spiro atoms. The van der Waals surface area contributed by atoms with Crippen LogP contribution in [0, 0.1) is 0 Å². The van der Waals surface area contributed by atoms with Gasteiger partial charge >= 0.3 is 23.1 Å². The van der Waals surface area contributed by atoms with Gasteiger partial charge in [-0.15, -0.1) is 0 Å². The Labute approximate surface area is 69.3 Å². The fraction of sp³-hybridized carbons (Fsp3) is 1.00. The largest absolute Gasteiger partial charge is 2.00 e. The van der Waals surface area contributed by atoms with Gasteiger partial charge in [0.15, 0.2) is 0 Å². The van der Waals surface area contributed by atoms with Crippen molar-refractivity contribution in [3.8, 4) is 0 Å². The molecule has 0 saturated carbocycles. The van der Waals surface area contributed by atoms with Gasteiger partial charge in [-0.25, -0.2) is 0 Å². The number of hydrogen-bond acceptors (Lipinski definition) is 2. The number of ether oxygens (including phenoxy) is 1. The molecule has 1 N–H and O–H groups in total. The van der Waals surface area contributed by atoms with E-state index in [0.717, 1.165) is 13.0 Å². The van der Waals surface area contributed by atoms with Gasteiger partial charge in [-0.05, 0) is 13.3 Å². The van der Waals surface area contributed by atoms with Gasteiger partial charge < -0.3 is 12.7 Å². The van der Waals surface area contributed by atoms with E-state index in [0.29, 0.717) is 6.61 Å². The molecule has 0 unspecified atom stereocenters. The van der Waals surface area contributed by atoms with Gasteiger partial charge in [-0.2, -0.15) is 0 Å². The topological polar surface area (TPSA) is 29.5 Å². The van der Waals surface area contributed by atoms with E-state index in [2.05, 4.69) is 0 Å². The second-order valence-electron chi connectivity index (χ2n) is 1.27. The van der Waals surface area contributed by atoms with Crippen molar-refractivity contribution in [2.45, 2.75) is 13.3 Å². The minimum atomic E-state index is 0.